The third-order valence-electron chi connectivity index (χ3n) is 1.72. The number of hydrogen-bond donors (Lipinski definition) is 1. The second-order valence-electron chi connectivity index (χ2n) is 3.80. The van der Waals surface area contributed by atoms with Gasteiger partial charge in [0.05, 0.1) is 0 Å². The highest BCUT2D eigenvalue weighted by Gasteiger charge is 2.38. The van der Waals surface area contributed by atoms with Gasteiger partial charge in [-0.25, -0.2) is 4.99 Å². The van der Waals surface area contributed by atoms with Crippen LogP contribution in [-0.4, -0.2) is 12.0 Å². The summed E-state index contributed by atoms with van der Waals surface area (Å²) in [6.07, 6.45) is -2.92. The van der Waals surface area contributed by atoms with E-state index in [9.17, 15) is 13.2 Å². The summed E-state index contributed by atoms with van der Waals surface area (Å²) in [6, 6.07) is 0. The summed E-state index contributed by atoms with van der Waals surface area (Å²) in [5, 5.41) is 0. The van der Waals surface area contributed by atoms with Crippen LogP contribution in [0, 0.1) is 5.41 Å². The molecule has 1 aliphatic heterocycles. The molecule has 0 unspecified atom stereocenters. The molecule has 2 nitrogen and oxygen atoms in total. The Hall–Kier alpha value is -1.00. The summed E-state index contributed by atoms with van der Waals surface area (Å²) in [5.74, 6) is 0.0415. The summed E-state index contributed by atoms with van der Waals surface area (Å²) in [7, 11) is 0. The highest BCUT2D eigenvalue weighted by atomic mass is 19.4. The number of halogens is 3. The molecule has 0 fully saturated rings. The van der Waals surface area contributed by atoms with Gasteiger partial charge in [0.1, 0.15) is 11.5 Å². The van der Waals surface area contributed by atoms with E-state index in [4.69, 9.17) is 5.73 Å². The van der Waals surface area contributed by atoms with Crippen molar-refractivity contribution in [2.45, 2.75) is 26.4 Å². The Morgan fingerprint density at radius 3 is 2.38 bits per heavy atom. The Morgan fingerprint density at radius 2 is 2.00 bits per heavy atom. The third kappa shape index (κ3) is 2.47. The number of amidine groups is 1. The van der Waals surface area contributed by atoms with E-state index in [2.05, 4.69) is 4.99 Å². The van der Waals surface area contributed by atoms with Crippen molar-refractivity contribution in [2.24, 2.45) is 16.1 Å². The van der Waals surface area contributed by atoms with Crippen molar-refractivity contribution in [3.05, 3.63) is 11.8 Å². The lowest BCUT2D eigenvalue weighted by atomic mass is 9.86. The van der Waals surface area contributed by atoms with Crippen molar-refractivity contribution in [1.82, 2.24) is 0 Å². The fourth-order valence-corrected chi connectivity index (χ4v) is 1.26. The highest BCUT2D eigenvalue weighted by Crippen LogP contribution is 2.35. The van der Waals surface area contributed by atoms with Crippen LogP contribution < -0.4 is 5.73 Å². The number of nitrogens with zero attached hydrogens (tertiary/aromatic N) is 1. The van der Waals surface area contributed by atoms with Gasteiger partial charge in [-0.3, -0.25) is 0 Å². The Labute approximate surface area is 74.3 Å². The van der Waals surface area contributed by atoms with E-state index in [-0.39, 0.29) is 5.84 Å². The van der Waals surface area contributed by atoms with Gasteiger partial charge in [-0.15, -0.1) is 0 Å². The molecular formula is C8H11F3N2. The number of nitrogens with two attached hydrogens (primary N) is 1. The number of aliphatic imine (C=N–C) groups is 1. The molecule has 0 saturated heterocycles. The Morgan fingerprint density at radius 1 is 1.46 bits per heavy atom. The van der Waals surface area contributed by atoms with Crippen molar-refractivity contribution in [2.75, 3.05) is 0 Å². The Balaban J connectivity index is 3.04. The molecule has 1 heterocycles. The first-order valence-electron chi connectivity index (χ1n) is 3.84. The molecule has 0 aromatic carbocycles. The van der Waals surface area contributed by atoms with E-state index in [1.54, 1.807) is 13.8 Å². The quantitative estimate of drug-likeness (QED) is 0.627. The Kier molecular flexibility index (Phi) is 2.13. The molecule has 0 aromatic rings. The number of allylic oxidation sites excluding steroid dienone is 2. The zero-order chi connectivity index (χ0) is 10.3. The van der Waals surface area contributed by atoms with Gasteiger partial charge in [0, 0.05) is 6.42 Å². The molecule has 0 amide bonds. The first-order chi connectivity index (χ1) is 5.71. The molecule has 74 valence electrons. The van der Waals surface area contributed by atoms with Crippen molar-refractivity contribution < 1.29 is 13.2 Å². The maximum atomic E-state index is 12.2. The van der Waals surface area contributed by atoms with Crippen molar-refractivity contribution in [1.29, 1.82) is 0 Å². The van der Waals surface area contributed by atoms with Crippen molar-refractivity contribution in [3.8, 4) is 0 Å². The maximum absolute atomic E-state index is 12.2. The average Bonchev–Trinajstić information content (AvgIpc) is 1.79. The van der Waals surface area contributed by atoms with Crippen LogP contribution in [0.25, 0.3) is 0 Å². The minimum atomic E-state index is -4.40. The normalized spacial score (nSPS) is 22.2. The van der Waals surface area contributed by atoms with Gasteiger partial charge in [0.2, 0.25) is 0 Å². The molecular weight excluding hydrogens is 181 g/mol. The predicted molar refractivity (Wildman–Crippen MR) is 44.2 cm³/mol. The van der Waals surface area contributed by atoms with Crippen LogP contribution in [0.15, 0.2) is 16.8 Å². The summed E-state index contributed by atoms with van der Waals surface area (Å²) < 4.78 is 36.7. The van der Waals surface area contributed by atoms with Crippen LogP contribution >= 0.6 is 0 Å². The highest BCUT2D eigenvalue weighted by molar-refractivity contribution is 5.83. The monoisotopic (exact) mass is 192 g/mol. The fraction of sp³-hybridized carbons (Fsp3) is 0.625. The van der Waals surface area contributed by atoms with Gasteiger partial charge in [0.25, 0.3) is 0 Å². The lowest BCUT2D eigenvalue weighted by Crippen LogP contribution is -2.28. The standard InChI is InChI=1S/C8H11F3N2/c1-7(2)3-5(8(9,10)11)13-6(12)4-7/h3H,4H2,1-2H3,(H2,12,13). The Bertz CT molecular complexity index is 274. The minimum Gasteiger partial charge on any atom is -0.387 e. The lowest BCUT2D eigenvalue weighted by Gasteiger charge is -2.25. The summed E-state index contributed by atoms with van der Waals surface area (Å²) >= 11 is 0. The van der Waals surface area contributed by atoms with Crippen LogP contribution in [0.5, 0.6) is 0 Å². The van der Waals surface area contributed by atoms with Crippen LogP contribution in [0.4, 0.5) is 13.2 Å². The van der Waals surface area contributed by atoms with Crippen LogP contribution in [0.2, 0.25) is 0 Å². The van der Waals surface area contributed by atoms with Crippen molar-refractivity contribution >= 4 is 5.84 Å². The molecule has 2 N–H and O–H groups in total. The number of rotatable bonds is 0. The van der Waals surface area contributed by atoms with Crippen molar-refractivity contribution in [3.63, 3.8) is 0 Å². The van der Waals surface area contributed by atoms with Gasteiger partial charge < -0.3 is 5.73 Å². The maximum Gasteiger partial charge on any atom is 0.433 e. The second kappa shape index (κ2) is 2.75. The number of alkyl halides is 3. The van der Waals surface area contributed by atoms with E-state index < -0.39 is 17.3 Å². The summed E-state index contributed by atoms with van der Waals surface area (Å²) in [5.41, 5.74) is 3.86. The van der Waals surface area contributed by atoms with E-state index >= 15 is 0 Å². The van der Waals surface area contributed by atoms with Crippen LogP contribution in [0.3, 0.4) is 0 Å². The van der Waals surface area contributed by atoms with Gasteiger partial charge in [-0.05, 0) is 11.5 Å². The molecule has 13 heavy (non-hydrogen) atoms. The van der Waals surface area contributed by atoms with Gasteiger partial charge >= 0.3 is 6.18 Å². The zero-order valence-electron chi connectivity index (χ0n) is 7.44. The number of hydrogen-bond acceptors (Lipinski definition) is 2. The molecule has 0 bridgehead atoms. The van der Waals surface area contributed by atoms with E-state index in [1.807, 2.05) is 0 Å². The topological polar surface area (TPSA) is 38.4 Å². The summed E-state index contributed by atoms with van der Waals surface area (Å²) in [4.78, 5) is 3.28. The predicted octanol–water partition coefficient (Wildman–Crippen LogP) is 2.22. The molecule has 5 heteroatoms. The first kappa shape index (κ1) is 10.1. The molecule has 1 aliphatic rings. The third-order valence-corrected chi connectivity index (χ3v) is 1.72. The van der Waals surface area contributed by atoms with Gasteiger partial charge in [-0.1, -0.05) is 13.8 Å². The molecule has 0 atom stereocenters. The molecule has 0 aliphatic carbocycles. The zero-order valence-corrected chi connectivity index (χ0v) is 7.44. The molecule has 0 aromatic heterocycles. The van der Waals surface area contributed by atoms with Gasteiger partial charge in [-0.2, -0.15) is 13.2 Å². The average molecular weight is 192 g/mol. The van der Waals surface area contributed by atoms with Crippen LogP contribution in [0.1, 0.15) is 20.3 Å². The fourth-order valence-electron chi connectivity index (χ4n) is 1.26. The molecule has 0 spiro atoms. The minimum absolute atomic E-state index is 0.0415. The molecule has 0 saturated carbocycles. The second-order valence-corrected chi connectivity index (χ2v) is 3.80. The van der Waals surface area contributed by atoms with Crippen LogP contribution in [-0.2, 0) is 0 Å². The largest absolute Gasteiger partial charge is 0.433 e. The smallest absolute Gasteiger partial charge is 0.387 e. The van der Waals surface area contributed by atoms with E-state index in [1.165, 1.54) is 0 Å². The molecule has 1 rings (SSSR count). The lowest BCUT2D eigenvalue weighted by molar-refractivity contribution is -0.0935. The molecule has 0 radical (unpaired) electrons. The van der Waals surface area contributed by atoms with E-state index in [0.717, 1.165) is 6.08 Å². The SMILES string of the molecule is CC1(C)C=C(C(F)(F)F)N=C(N)C1. The van der Waals surface area contributed by atoms with E-state index in [0.29, 0.717) is 6.42 Å². The summed E-state index contributed by atoms with van der Waals surface area (Å²) in [6.45, 7) is 3.39. The first-order valence-corrected chi connectivity index (χ1v) is 3.84. The van der Waals surface area contributed by atoms with Gasteiger partial charge in [0.15, 0.2) is 0 Å².